The van der Waals surface area contributed by atoms with E-state index >= 15 is 0 Å². The molecular weight excluding hydrogens is 226 g/mol. The number of aromatic carboxylic acids is 1. The average Bonchev–Trinajstić information content (AvgIpc) is 2.78. The lowest BCUT2D eigenvalue weighted by Gasteiger charge is -2.24. The fourth-order valence-corrected chi connectivity index (χ4v) is 2.65. The van der Waals surface area contributed by atoms with Crippen LogP contribution >= 0.6 is 0 Å². The van der Waals surface area contributed by atoms with Crippen LogP contribution < -0.4 is 4.90 Å². The predicted molar refractivity (Wildman–Crippen MR) is 73.4 cm³/mol. The zero-order valence-corrected chi connectivity index (χ0v) is 11.1. The standard InChI is InChI=1S/C15H21NO2/c1-3-11(4-2)10-16-8-7-12-9-13(15(17)18)5-6-14(12)16/h5-6,9,11H,3-4,7-8,10H2,1-2H3,(H,17,18). The van der Waals surface area contributed by atoms with Gasteiger partial charge >= 0.3 is 5.97 Å². The Bertz CT molecular complexity index is 438. The summed E-state index contributed by atoms with van der Waals surface area (Å²) in [5, 5.41) is 8.99. The Morgan fingerprint density at radius 3 is 2.72 bits per heavy atom. The molecule has 2 rings (SSSR count). The molecule has 0 unspecified atom stereocenters. The summed E-state index contributed by atoms with van der Waals surface area (Å²) in [6.07, 6.45) is 3.38. The van der Waals surface area contributed by atoms with Gasteiger partial charge in [-0.2, -0.15) is 0 Å². The van der Waals surface area contributed by atoms with Crippen molar-refractivity contribution < 1.29 is 9.90 Å². The lowest BCUT2D eigenvalue weighted by Crippen LogP contribution is -2.27. The molecule has 1 aliphatic heterocycles. The quantitative estimate of drug-likeness (QED) is 0.868. The van der Waals surface area contributed by atoms with E-state index in [4.69, 9.17) is 5.11 Å². The van der Waals surface area contributed by atoms with Gasteiger partial charge in [0, 0.05) is 18.8 Å². The van der Waals surface area contributed by atoms with Gasteiger partial charge in [-0.15, -0.1) is 0 Å². The minimum absolute atomic E-state index is 0.401. The maximum atomic E-state index is 10.9. The SMILES string of the molecule is CCC(CC)CN1CCc2cc(C(=O)O)ccc21. The van der Waals surface area contributed by atoms with E-state index < -0.39 is 5.97 Å². The normalized spacial score (nSPS) is 14.1. The van der Waals surface area contributed by atoms with Crippen molar-refractivity contribution in [1.29, 1.82) is 0 Å². The van der Waals surface area contributed by atoms with Gasteiger partial charge in [-0.1, -0.05) is 26.7 Å². The highest BCUT2D eigenvalue weighted by molar-refractivity contribution is 5.88. The number of rotatable bonds is 5. The maximum Gasteiger partial charge on any atom is 0.335 e. The van der Waals surface area contributed by atoms with Crippen LogP contribution in [0, 0.1) is 5.92 Å². The van der Waals surface area contributed by atoms with E-state index in [2.05, 4.69) is 18.7 Å². The van der Waals surface area contributed by atoms with E-state index in [1.54, 1.807) is 6.07 Å². The molecule has 0 spiro atoms. The highest BCUT2D eigenvalue weighted by atomic mass is 16.4. The lowest BCUT2D eigenvalue weighted by atomic mass is 10.0. The fourth-order valence-electron chi connectivity index (χ4n) is 2.65. The Labute approximate surface area is 108 Å². The molecule has 1 aliphatic rings. The molecule has 3 heteroatoms. The van der Waals surface area contributed by atoms with Crippen LogP contribution in [0.4, 0.5) is 5.69 Å². The smallest absolute Gasteiger partial charge is 0.335 e. The van der Waals surface area contributed by atoms with Gasteiger partial charge in [0.2, 0.25) is 0 Å². The summed E-state index contributed by atoms with van der Waals surface area (Å²) in [5.41, 5.74) is 2.81. The Balaban J connectivity index is 2.16. The second-order valence-corrected chi connectivity index (χ2v) is 5.03. The van der Waals surface area contributed by atoms with Crippen molar-refractivity contribution in [3.8, 4) is 0 Å². The van der Waals surface area contributed by atoms with Crippen molar-refractivity contribution in [1.82, 2.24) is 0 Å². The van der Waals surface area contributed by atoms with E-state index in [0.29, 0.717) is 5.56 Å². The number of fused-ring (bicyclic) bond motifs is 1. The summed E-state index contributed by atoms with van der Waals surface area (Å²) < 4.78 is 0. The molecule has 0 aliphatic carbocycles. The van der Waals surface area contributed by atoms with E-state index in [0.717, 1.165) is 25.4 Å². The molecule has 3 nitrogen and oxygen atoms in total. The second kappa shape index (κ2) is 5.42. The largest absolute Gasteiger partial charge is 0.478 e. The van der Waals surface area contributed by atoms with Gasteiger partial charge in [0.1, 0.15) is 0 Å². The molecule has 1 heterocycles. The molecule has 0 amide bonds. The predicted octanol–water partition coefficient (Wildman–Crippen LogP) is 3.18. The summed E-state index contributed by atoms with van der Waals surface area (Å²) in [5.74, 6) is -0.105. The van der Waals surface area contributed by atoms with Crippen LogP contribution in [-0.4, -0.2) is 24.2 Å². The highest BCUT2D eigenvalue weighted by Crippen LogP contribution is 2.30. The van der Waals surface area contributed by atoms with Crippen LogP contribution in [0.1, 0.15) is 42.6 Å². The second-order valence-electron chi connectivity index (χ2n) is 5.03. The number of hydrogen-bond acceptors (Lipinski definition) is 2. The first-order chi connectivity index (χ1) is 8.65. The number of benzene rings is 1. The van der Waals surface area contributed by atoms with Crippen LogP contribution in [0.15, 0.2) is 18.2 Å². The summed E-state index contributed by atoms with van der Waals surface area (Å²) in [6, 6.07) is 5.51. The number of hydrogen-bond donors (Lipinski definition) is 1. The monoisotopic (exact) mass is 247 g/mol. The molecular formula is C15H21NO2. The van der Waals surface area contributed by atoms with Crippen LogP contribution in [0.25, 0.3) is 0 Å². The third-order valence-electron chi connectivity index (χ3n) is 3.95. The van der Waals surface area contributed by atoms with Crippen LogP contribution in [0.3, 0.4) is 0 Å². The molecule has 1 aromatic rings. The van der Waals surface area contributed by atoms with Crippen LogP contribution in [0.2, 0.25) is 0 Å². The third kappa shape index (κ3) is 2.50. The molecule has 0 fully saturated rings. The first-order valence-electron chi connectivity index (χ1n) is 6.76. The molecule has 0 saturated carbocycles. The Hall–Kier alpha value is -1.51. The number of carboxylic acids is 1. The molecule has 18 heavy (non-hydrogen) atoms. The van der Waals surface area contributed by atoms with E-state index in [1.807, 2.05) is 12.1 Å². The Morgan fingerprint density at radius 1 is 1.39 bits per heavy atom. The topological polar surface area (TPSA) is 40.5 Å². The van der Waals surface area contributed by atoms with Gasteiger partial charge < -0.3 is 10.0 Å². The van der Waals surface area contributed by atoms with Gasteiger partial charge in [-0.25, -0.2) is 4.79 Å². The minimum atomic E-state index is -0.837. The maximum absolute atomic E-state index is 10.9. The van der Waals surface area contributed by atoms with Gasteiger partial charge in [-0.3, -0.25) is 0 Å². The lowest BCUT2D eigenvalue weighted by molar-refractivity contribution is 0.0697. The van der Waals surface area contributed by atoms with Gasteiger partial charge in [0.05, 0.1) is 5.56 Å². The van der Waals surface area contributed by atoms with Crippen molar-refractivity contribution in [2.45, 2.75) is 33.1 Å². The van der Waals surface area contributed by atoms with Crippen molar-refractivity contribution >= 4 is 11.7 Å². The number of carbonyl (C=O) groups is 1. The summed E-state index contributed by atoms with van der Waals surface area (Å²) in [6.45, 7) is 6.58. The first kappa shape index (κ1) is 12.9. The van der Waals surface area contributed by atoms with Gasteiger partial charge in [0.25, 0.3) is 0 Å². The van der Waals surface area contributed by atoms with Crippen molar-refractivity contribution in [3.05, 3.63) is 29.3 Å². The Morgan fingerprint density at radius 2 is 2.11 bits per heavy atom. The number of nitrogens with zero attached hydrogens (tertiary/aromatic N) is 1. The minimum Gasteiger partial charge on any atom is -0.478 e. The Kier molecular flexibility index (Phi) is 3.90. The van der Waals surface area contributed by atoms with Crippen molar-refractivity contribution in [2.24, 2.45) is 5.92 Å². The third-order valence-corrected chi connectivity index (χ3v) is 3.95. The number of carboxylic acid groups (broad SMARTS) is 1. The summed E-state index contributed by atoms with van der Waals surface area (Å²) in [4.78, 5) is 13.3. The van der Waals surface area contributed by atoms with Crippen molar-refractivity contribution in [2.75, 3.05) is 18.0 Å². The zero-order valence-electron chi connectivity index (χ0n) is 11.1. The number of anilines is 1. The summed E-state index contributed by atoms with van der Waals surface area (Å²) in [7, 11) is 0. The molecule has 1 N–H and O–H groups in total. The molecule has 0 aromatic heterocycles. The van der Waals surface area contributed by atoms with Gasteiger partial charge in [0.15, 0.2) is 0 Å². The molecule has 98 valence electrons. The van der Waals surface area contributed by atoms with E-state index in [-0.39, 0.29) is 0 Å². The van der Waals surface area contributed by atoms with E-state index in [1.165, 1.54) is 24.1 Å². The molecule has 0 atom stereocenters. The molecule has 0 saturated heterocycles. The highest BCUT2D eigenvalue weighted by Gasteiger charge is 2.22. The van der Waals surface area contributed by atoms with E-state index in [9.17, 15) is 4.79 Å². The van der Waals surface area contributed by atoms with Crippen molar-refractivity contribution in [3.63, 3.8) is 0 Å². The zero-order chi connectivity index (χ0) is 13.1. The van der Waals surface area contributed by atoms with Gasteiger partial charge in [-0.05, 0) is 36.1 Å². The molecule has 0 bridgehead atoms. The first-order valence-corrected chi connectivity index (χ1v) is 6.76. The van der Waals surface area contributed by atoms with Crippen LogP contribution in [0.5, 0.6) is 0 Å². The summed E-state index contributed by atoms with van der Waals surface area (Å²) >= 11 is 0. The molecule has 0 radical (unpaired) electrons. The average molecular weight is 247 g/mol. The fraction of sp³-hybridized carbons (Fsp3) is 0.533. The molecule has 1 aromatic carbocycles. The van der Waals surface area contributed by atoms with Crippen LogP contribution in [-0.2, 0) is 6.42 Å².